The number of hydrogen-bond donors (Lipinski definition) is 0. The van der Waals surface area contributed by atoms with Crippen LogP contribution in [-0.2, 0) is 11.3 Å². The van der Waals surface area contributed by atoms with Gasteiger partial charge in [-0.25, -0.2) is 4.79 Å². The molecule has 102 valence electrons. The number of hydrogen-bond acceptors (Lipinski definition) is 2. The van der Waals surface area contributed by atoms with Gasteiger partial charge in [0.05, 0.1) is 0 Å². The fourth-order valence-corrected chi connectivity index (χ4v) is 2.37. The molecule has 3 rings (SSSR count). The van der Waals surface area contributed by atoms with E-state index in [1.54, 1.807) is 4.90 Å². The van der Waals surface area contributed by atoms with Gasteiger partial charge in [-0.2, -0.15) is 0 Å². The molecule has 0 unspecified atom stereocenters. The molecule has 0 aliphatic carbocycles. The molecule has 1 aliphatic heterocycles. The Balaban J connectivity index is 1.47. The van der Waals surface area contributed by atoms with Crippen LogP contribution in [0.1, 0.15) is 17.0 Å². The molecule has 3 nitrogen and oxygen atoms in total. The normalized spacial score (nSPS) is 14.7. The molecule has 1 fully saturated rings. The van der Waals surface area contributed by atoms with Crippen LogP contribution in [0.3, 0.4) is 0 Å². The minimum absolute atomic E-state index is 0.221. The second-order valence-electron chi connectivity index (χ2n) is 5.05. The van der Waals surface area contributed by atoms with E-state index in [9.17, 15) is 4.79 Å². The SMILES string of the molecule is O=C(OCc1ccccc1)N1CC(c2ccccc2)C1. The van der Waals surface area contributed by atoms with Crippen molar-refractivity contribution in [2.24, 2.45) is 0 Å². The molecule has 0 N–H and O–H groups in total. The van der Waals surface area contributed by atoms with Crippen LogP contribution in [0.5, 0.6) is 0 Å². The molecule has 1 amide bonds. The zero-order valence-corrected chi connectivity index (χ0v) is 11.2. The molecule has 0 bridgehead atoms. The first-order valence-corrected chi connectivity index (χ1v) is 6.83. The van der Waals surface area contributed by atoms with Crippen LogP contribution in [0, 0.1) is 0 Å². The van der Waals surface area contributed by atoms with Gasteiger partial charge in [0.15, 0.2) is 0 Å². The van der Waals surface area contributed by atoms with Crippen molar-refractivity contribution in [2.45, 2.75) is 12.5 Å². The number of rotatable bonds is 3. The summed E-state index contributed by atoms with van der Waals surface area (Å²) >= 11 is 0. The fourth-order valence-electron chi connectivity index (χ4n) is 2.37. The molecule has 0 aromatic heterocycles. The van der Waals surface area contributed by atoms with Crippen LogP contribution < -0.4 is 0 Å². The molecular weight excluding hydrogens is 250 g/mol. The summed E-state index contributed by atoms with van der Waals surface area (Å²) in [5.41, 5.74) is 2.31. The lowest BCUT2D eigenvalue weighted by atomic mass is 9.92. The molecule has 1 saturated heterocycles. The zero-order valence-electron chi connectivity index (χ0n) is 11.2. The summed E-state index contributed by atoms with van der Waals surface area (Å²) in [4.78, 5) is 13.6. The van der Waals surface area contributed by atoms with Gasteiger partial charge in [0.2, 0.25) is 0 Å². The molecule has 0 saturated carbocycles. The highest BCUT2D eigenvalue weighted by atomic mass is 16.6. The highest BCUT2D eigenvalue weighted by Crippen LogP contribution is 2.27. The van der Waals surface area contributed by atoms with Crippen molar-refractivity contribution in [1.29, 1.82) is 0 Å². The standard InChI is InChI=1S/C17H17NO2/c19-17(20-13-14-7-3-1-4-8-14)18-11-16(12-18)15-9-5-2-6-10-15/h1-10,16H,11-13H2. The topological polar surface area (TPSA) is 29.5 Å². The van der Waals surface area contributed by atoms with Crippen LogP contribution >= 0.6 is 0 Å². The molecule has 2 aromatic carbocycles. The molecule has 0 radical (unpaired) electrons. The lowest BCUT2D eigenvalue weighted by molar-refractivity contribution is 0.0664. The number of likely N-dealkylation sites (tertiary alicyclic amines) is 1. The van der Waals surface area contributed by atoms with Gasteiger partial charge in [-0.1, -0.05) is 60.7 Å². The van der Waals surface area contributed by atoms with E-state index in [2.05, 4.69) is 12.1 Å². The minimum Gasteiger partial charge on any atom is -0.445 e. The Bertz CT molecular complexity index is 562. The number of ether oxygens (including phenoxy) is 1. The quantitative estimate of drug-likeness (QED) is 0.852. The van der Waals surface area contributed by atoms with Crippen LogP contribution in [0.2, 0.25) is 0 Å². The predicted octanol–water partition coefficient (Wildman–Crippen LogP) is 3.42. The van der Waals surface area contributed by atoms with Gasteiger partial charge in [0.1, 0.15) is 6.61 Å². The average molecular weight is 267 g/mol. The lowest BCUT2D eigenvalue weighted by Gasteiger charge is -2.38. The van der Waals surface area contributed by atoms with E-state index >= 15 is 0 Å². The summed E-state index contributed by atoms with van der Waals surface area (Å²) in [6, 6.07) is 20.0. The number of amides is 1. The first-order valence-electron chi connectivity index (χ1n) is 6.83. The van der Waals surface area contributed by atoms with E-state index in [1.807, 2.05) is 48.5 Å². The number of benzene rings is 2. The summed E-state index contributed by atoms with van der Waals surface area (Å²) in [5, 5.41) is 0. The maximum atomic E-state index is 11.9. The second-order valence-corrected chi connectivity index (χ2v) is 5.05. The van der Waals surface area contributed by atoms with Crippen molar-refractivity contribution >= 4 is 6.09 Å². The van der Waals surface area contributed by atoms with Crippen LogP contribution in [-0.4, -0.2) is 24.1 Å². The molecule has 0 atom stereocenters. The van der Waals surface area contributed by atoms with Gasteiger partial charge in [-0.15, -0.1) is 0 Å². The summed E-state index contributed by atoms with van der Waals surface area (Å²) in [6.45, 7) is 1.83. The summed E-state index contributed by atoms with van der Waals surface area (Å²) < 4.78 is 5.30. The summed E-state index contributed by atoms with van der Waals surface area (Å²) in [7, 11) is 0. The monoisotopic (exact) mass is 267 g/mol. The first kappa shape index (κ1) is 12.7. The van der Waals surface area contributed by atoms with E-state index in [-0.39, 0.29) is 6.09 Å². The summed E-state index contributed by atoms with van der Waals surface area (Å²) in [5.74, 6) is 0.445. The van der Waals surface area contributed by atoms with Gasteiger partial charge >= 0.3 is 6.09 Å². The third kappa shape index (κ3) is 2.82. The molecule has 20 heavy (non-hydrogen) atoms. The van der Waals surface area contributed by atoms with Crippen molar-refractivity contribution in [2.75, 3.05) is 13.1 Å². The Morgan fingerprint density at radius 3 is 2.25 bits per heavy atom. The lowest BCUT2D eigenvalue weighted by Crippen LogP contribution is -2.48. The van der Waals surface area contributed by atoms with Crippen molar-refractivity contribution in [3.63, 3.8) is 0 Å². The maximum absolute atomic E-state index is 11.9. The largest absolute Gasteiger partial charge is 0.445 e. The summed E-state index contributed by atoms with van der Waals surface area (Å²) in [6.07, 6.45) is -0.221. The molecular formula is C17H17NO2. The van der Waals surface area contributed by atoms with Crippen LogP contribution in [0.15, 0.2) is 60.7 Å². The highest BCUT2D eigenvalue weighted by molar-refractivity contribution is 5.69. The predicted molar refractivity (Wildman–Crippen MR) is 77.4 cm³/mol. The maximum Gasteiger partial charge on any atom is 0.410 e. The average Bonchev–Trinajstić information content (AvgIpc) is 2.46. The van der Waals surface area contributed by atoms with E-state index < -0.39 is 0 Å². The van der Waals surface area contributed by atoms with Crippen molar-refractivity contribution in [3.8, 4) is 0 Å². The smallest absolute Gasteiger partial charge is 0.410 e. The van der Waals surface area contributed by atoms with Crippen molar-refractivity contribution in [3.05, 3.63) is 71.8 Å². The Kier molecular flexibility index (Phi) is 3.68. The number of carbonyl (C=O) groups excluding carboxylic acids is 1. The highest BCUT2D eigenvalue weighted by Gasteiger charge is 2.32. The number of carbonyl (C=O) groups is 1. The van der Waals surface area contributed by atoms with Crippen molar-refractivity contribution < 1.29 is 9.53 Å². The van der Waals surface area contributed by atoms with E-state index in [1.165, 1.54) is 5.56 Å². The Morgan fingerprint density at radius 2 is 1.60 bits per heavy atom. The second kappa shape index (κ2) is 5.78. The van der Waals surface area contributed by atoms with Crippen LogP contribution in [0.25, 0.3) is 0 Å². The van der Waals surface area contributed by atoms with Crippen LogP contribution in [0.4, 0.5) is 4.79 Å². The Labute approximate surface area is 118 Å². The van der Waals surface area contributed by atoms with Gasteiger partial charge in [-0.05, 0) is 11.1 Å². The molecule has 1 aliphatic rings. The Morgan fingerprint density at radius 1 is 1.00 bits per heavy atom. The third-order valence-electron chi connectivity index (χ3n) is 3.62. The van der Waals surface area contributed by atoms with Crippen molar-refractivity contribution in [1.82, 2.24) is 4.90 Å². The van der Waals surface area contributed by atoms with E-state index in [0.717, 1.165) is 18.7 Å². The molecule has 0 spiro atoms. The van der Waals surface area contributed by atoms with E-state index in [4.69, 9.17) is 4.74 Å². The zero-order chi connectivity index (χ0) is 13.8. The van der Waals surface area contributed by atoms with Gasteiger partial charge in [-0.3, -0.25) is 0 Å². The number of nitrogens with zero attached hydrogens (tertiary/aromatic N) is 1. The minimum atomic E-state index is -0.221. The van der Waals surface area contributed by atoms with Gasteiger partial charge in [0, 0.05) is 19.0 Å². The molecule has 2 aromatic rings. The van der Waals surface area contributed by atoms with Gasteiger partial charge in [0.25, 0.3) is 0 Å². The first-order chi connectivity index (χ1) is 9.83. The van der Waals surface area contributed by atoms with E-state index in [0.29, 0.717) is 12.5 Å². The fraction of sp³-hybridized carbons (Fsp3) is 0.235. The molecule has 1 heterocycles. The Hall–Kier alpha value is -2.29. The third-order valence-corrected chi connectivity index (χ3v) is 3.62. The molecule has 3 heteroatoms. The van der Waals surface area contributed by atoms with Gasteiger partial charge < -0.3 is 9.64 Å².